The molecule has 2 aliphatic heterocycles. The Morgan fingerprint density at radius 2 is 2.04 bits per heavy atom. The summed E-state index contributed by atoms with van der Waals surface area (Å²) >= 11 is 6.09. The van der Waals surface area contributed by atoms with Gasteiger partial charge in [0.2, 0.25) is 10.0 Å². The van der Waals surface area contributed by atoms with Crippen molar-refractivity contribution in [2.75, 3.05) is 26.2 Å². The molecule has 3 rings (SSSR count). The van der Waals surface area contributed by atoms with Crippen molar-refractivity contribution >= 4 is 27.5 Å². The molecule has 0 bridgehead atoms. The van der Waals surface area contributed by atoms with Crippen LogP contribution in [0.25, 0.3) is 0 Å². The minimum absolute atomic E-state index is 0.00386. The molecule has 2 aliphatic rings. The fourth-order valence-corrected chi connectivity index (χ4v) is 5.04. The van der Waals surface area contributed by atoms with Crippen LogP contribution >= 0.6 is 11.6 Å². The molecule has 1 N–H and O–H groups in total. The van der Waals surface area contributed by atoms with Crippen molar-refractivity contribution in [2.24, 2.45) is 0 Å². The number of carbonyl (C=O) groups excluding carboxylic acids is 1. The van der Waals surface area contributed by atoms with E-state index < -0.39 is 10.0 Å². The van der Waals surface area contributed by atoms with Crippen molar-refractivity contribution in [3.63, 3.8) is 0 Å². The van der Waals surface area contributed by atoms with E-state index in [-0.39, 0.29) is 27.5 Å². The third kappa shape index (κ3) is 3.74. The molecule has 1 amide bonds. The summed E-state index contributed by atoms with van der Waals surface area (Å²) in [5.74, 6) is -0.319. The van der Waals surface area contributed by atoms with E-state index in [4.69, 9.17) is 16.3 Å². The maximum absolute atomic E-state index is 12.7. The maximum atomic E-state index is 12.7. The van der Waals surface area contributed by atoms with Gasteiger partial charge in [0.15, 0.2) is 0 Å². The first-order valence-electron chi connectivity index (χ1n) is 8.18. The number of halogens is 1. The Morgan fingerprint density at radius 1 is 1.29 bits per heavy atom. The molecule has 2 fully saturated rings. The van der Waals surface area contributed by atoms with Crippen LogP contribution in [0.2, 0.25) is 5.02 Å². The average molecular weight is 373 g/mol. The lowest BCUT2D eigenvalue weighted by Crippen LogP contribution is -2.32. The highest BCUT2D eigenvalue weighted by Crippen LogP contribution is 2.28. The van der Waals surface area contributed by atoms with Gasteiger partial charge in [0.25, 0.3) is 5.91 Å². The fraction of sp³-hybridized carbons (Fsp3) is 0.562. The second-order valence-corrected chi connectivity index (χ2v) is 8.42. The first-order chi connectivity index (χ1) is 11.5. The standard InChI is InChI=1S/C16H21ClN2O4S/c17-14-6-5-12(16(20)18-11-13-4-3-9-23-13)10-15(14)24(21,22)19-7-1-2-8-19/h5-6,10,13H,1-4,7-9,11H2,(H,18,20)/t13-/m0/s1. The van der Waals surface area contributed by atoms with Gasteiger partial charge in [-0.15, -0.1) is 0 Å². The lowest BCUT2D eigenvalue weighted by Gasteiger charge is -2.17. The summed E-state index contributed by atoms with van der Waals surface area (Å²) in [5.41, 5.74) is 0.287. The van der Waals surface area contributed by atoms with Gasteiger partial charge in [-0.05, 0) is 43.9 Å². The summed E-state index contributed by atoms with van der Waals surface area (Å²) in [6, 6.07) is 4.36. The van der Waals surface area contributed by atoms with E-state index in [2.05, 4.69) is 5.32 Å². The second-order valence-electron chi connectivity index (χ2n) is 6.10. The molecule has 0 unspecified atom stereocenters. The molecule has 0 aliphatic carbocycles. The van der Waals surface area contributed by atoms with Crippen molar-refractivity contribution in [3.8, 4) is 0 Å². The van der Waals surface area contributed by atoms with Crippen LogP contribution in [0.5, 0.6) is 0 Å². The van der Waals surface area contributed by atoms with E-state index >= 15 is 0 Å². The van der Waals surface area contributed by atoms with E-state index in [1.807, 2.05) is 0 Å². The van der Waals surface area contributed by atoms with Crippen LogP contribution in [0, 0.1) is 0 Å². The summed E-state index contributed by atoms with van der Waals surface area (Å²) in [4.78, 5) is 12.3. The van der Waals surface area contributed by atoms with Gasteiger partial charge in [-0.25, -0.2) is 8.42 Å². The highest BCUT2D eigenvalue weighted by atomic mass is 35.5. The number of hydrogen-bond donors (Lipinski definition) is 1. The van der Waals surface area contributed by atoms with E-state index in [0.29, 0.717) is 19.6 Å². The molecule has 0 saturated carbocycles. The van der Waals surface area contributed by atoms with Crippen molar-refractivity contribution in [1.29, 1.82) is 0 Å². The topological polar surface area (TPSA) is 75.7 Å². The molecule has 2 saturated heterocycles. The van der Waals surface area contributed by atoms with Crippen molar-refractivity contribution in [3.05, 3.63) is 28.8 Å². The second kappa shape index (κ2) is 7.39. The zero-order chi connectivity index (χ0) is 17.2. The van der Waals surface area contributed by atoms with Gasteiger partial charge >= 0.3 is 0 Å². The SMILES string of the molecule is O=C(NC[C@@H]1CCCO1)c1ccc(Cl)c(S(=O)(=O)N2CCCC2)c1. The van der Waals surface area contributed by atoms with E-state index in [1.54, 1.807) is 0 Å². The third-order valence-electron chi connectivity index (χ3n) is 4.39. The van der Waals surface area contributed by atoms with Crippen LogP contribution in [-0.2, 0) is 14.8 Å². The quantitative estimate of drug-likeness (QED) is 0.858. The summed E-state index contributed by atoms with van der Waals surface area (Å²) in [6.07, 6.45) is 3.65. The van der Waals surface area contributed by atoms with E-state index in [9.17, 15) is 13.2 Å². The zero-order valence-corrected chi connectivity index (χ0v) is 14.9. The molecule has 1 atom stereocenters. The number of nitrogens with one attached hydrogen (secondary N) is 1. The number of rotatable bonds is 5. The van der Waals surface area contributed by atoms with E-state index in [0.717, 1.165) is 32.3 Å². The zero-order valence-electron chi connectivity index (χ0n) is 13.3. The van der Waals surface area contributed by atoms with E-state index in [1.165, 1.54) is 22.5 Å². The number of hydrogen-bond acceptors (Lipinski definition) is 4. The monoisotopic (exact) mass is 372 g/mol. The fourth-order valence-electron chi connectivity index (χ4n) is 3.02. The minimum Gasteiger partial charge on any atom is -0.376 e. The average Bonchev–Trinajstić information content (AvgIpc) is 3.26. The minimum atomic E-state index is -3.66. The number of sulfonamides is 1. The van der Waals surface area contributed by atoms with Crippen LogP contribution in [-0.4, -0.2) is 51.0 Å². The van der Waals surface area contributed by atoms with Crippen molar-refractivity contribution in [2.45, 2.75) is 36.7 Å². The Labute approximate surface area is 147 Å². The summed E-state index contributed by atoms with van der Waals surface area (Å²) < 4.78 is 32.3. The summed E-state index contributed by atoms with van der Waals surface area (Å²) in [5, 5.41) is 2.93. The normalized spacial score (nSPS) is 22.0. The highest BCUT2D eigenvalue weighted by Gasteiger charge is 2.29. The Bertz CT molecular complexity index is 711. The van der Waals surface area contributed by atoms with Gasteiger partial charge < -0.3 is 10.1 Å². The number of ether oxygens (including phenoxy) is 1. The largest absolute Gasteiger partial charge is 0.376 e. The first kappa shape index (κ1) is 17.7. The van der Waals surface area contributed by atoms with Gasteiger partial charge in [0.05, 0.1) is 11.1 Å². The molecule has 2 heterocycles. The van der Waals surface area contributed by atoms with Gasteiger partial charge in [0.1, 0.15) is 4.90 Å². The third-order valence-corrected chi connectivity index (χ3v) is 6.77. The first-order valence-corrected chi connectivity index (χ1v) is 10.00. The molecule has 0 spiro atoms. The maximum Gasteiger partial charge on any atom is 0.251 e. The molecular formula is C16H21ClN2O4S. The smallest absolute Gasteiger partial charge is 0.251 e. The number of amides is 1. The lowest BCUT2D eigenvalue weighted by atomic mass is 10.2. The van der Waals surface area contributed by atoms with Crippen molar-refractivity contribution < 1.29 is 17.9 Å². The predicted molar refractivity (Wildman–Crippen MR) is 90.8 cm³/mol. The number of benzene rings is 1. The lowest BCUT2D eigenvalue weighted by molar-refractivity contribution is 0.0857. The van der Waals surface area contributed by atoms with Gasteiger partial charge in [-0.3, -0.25) is 4.79 Å². The Kier molecular flexibility index (Phi) is 5.44. The molecule has 132 valence electrons. The summed E-state index contributed by atoms with van der Waals surface area (Å²) in [7, 11) is -3.66. The van der Waals surface area contributed by atoms with Crippen LogP contribution in [0.3, 0.4) is 0 Å². The van der Waals surface area contributed by atoms with Crippen molar-refractivity contribution in [1.82, 2.24) is 9.62 Å². The van der Waals surface area contributed by atoms with Crippen LogP contribution in [0.1, 0.15) is 36.0 Å². The highest BCUT2D eigenvalue weighted by molar-refractivity contribution is 7.89. The molecular weight excluding hydrogens is 352 g/mol. The molecule has 0 radical (unpaired) electrons. The number of nitrogens with zero attached hydrogens (tertiary/aromatic N) is 1. The molecule has 0 aromatic heterocycles. The number of carbonyl (C=O) groups is 1. The Balaban J connectivity index is 1.76. The summed E-state index contributed by atoms with van der Waals surface area (Å²) in [6.45, 7) is 2.14. The van der Waals surface area contributed by atoms with Gasteiger partial charge in [-0.2, -0.15) is 4.31 Å². The predicted octanol–water partition coefficient (Wildman–Crippen LogP) is 2.03. The van der Waals surface area contributed by atoms with Gasteiger partial charge in [0, 0.05) is 31.8 Å². The molecule has 1 aromatic rings. The van der Waals surface area contributed by atoms with Crippen LogP contribution in [0.4, 0.5) is 0 Å². The Morgan fingerprint density at radius 3 is 2.71 bits per heavy atom. The molecule has 24 heavy (non-hydrogen) atoms. The molecule has 8 heteroatoms. The Hall–Kier alpha value is -1.15. The van der Waals surface area contributed by atoms with Crippen LogP contribution < -0.4 is 5.32 Å². The van der Waals surface area contributed by atoms with Gasteiger partial charge in [-0.1, -0.05) is 11.6 Å². The molecule has 1 aromatic carbocycles. The molecule has 6 nitrogen and oxygen atoms in total. The van der Waals surface area contributed by atoms with Crippen LogP contribution in [0.15, 0.2) is 23.1 Å².